The van der Waals surface area contributed by atoms with E-state index in [2.05, 4.69) is 15.3 Å². The van der Waals surface area contributed by atoms with Crippen LogP contribution in [0.3, 0.4) is 0 Å². The van der Waals surface area contributed by atoms with E-state index < -0.39 is 16.4 Å². The summed E-state index contributed by atoms with van der Waals surface area (Å²) in [6.45, 7) is 0.648. The lowest BCUT2D eigenvalue weighted by molar-refractivity contribution is -0.386. The minimum absolute atomic E-state index is 0.0224. The van der Waals surface area contributed by atoms with Crippen molar-refractivity contribution in [2.75, 3.05) is 13.7 Å². The maximum Gasteiger partial charge on any atom is 0.315 e. The molecular formula is C14H15N5O5S. The molecule has 1 saturated heterocycles. The predicted molar refractivity (Wildman–Crippen MR) is 89.6 cm³/mol. The van der Waals surface area contributed by atoms with Crippen molar-refractivity contribution in [1.29, 1.82) is 0 Å². The zero-order valence-corrected chi connectivity index (χ0v) is 14.0. The van der Waals surface area contributed by atoms with Gasteiger partial charge in [-0.2, -0.15) is 14.9 Å². The molecule has 2 aromatic rings. The monoisotopic (exact) mass is 365 g/mol. The molecule has 1 aliphatic rings. The number of ether oxygens (including phenoxy) is 2. The summed E-state index contributed by atoms with van der Waals surface area (Å²) in [4.78, 5) is 10.4. The van der Waals surface area contributed by atoms with Crippen molar-refractivity contribution in [3.8, 4) is 11.5 Å². The van der Waals surface area contributed by atoms with Crippen LogP contribution in [-0.2, 0) is 4.74 Å². The van der Waals surface area contributed by atoms with Gasteiger partial charge in [-0.3, -0.25) is 15.2 Å². The summed E-state index contributed by atoms with van der Waals surface area (Å²) in [5, 5.41) is 31.9. The highest BCUT2D eigenvalue weighted by Crippen LogP contribution is 2.36. The number of aromatic hydroxyl groups is 1. The minimum Gasteiger partial charge on any atom is -0.500 e. The Morgan fingerprint density at radius 2 is 2.44 bits per heavy atom. The van der Waals surface area contributed by atoms with Crippen LogP contribution in [0, 0.1) is 14.9 Å². The average molecular weight is 365 g/mol. The van der Waals surface area contributed by atoms with Gasteiger partial charge in [0.05, 0.1) is 18.2 Å². The van der Waals surface area contributed by atoms with Crippen molar-refractivity contribution in [3.63, 3.8) is 0 Å². The van der Waals surface area contributed by atoms with Crippen LogP contribution in [0.25, 0.3) is 0 Å². The van der Waals surface area contributed by atoms with Gasteiger partial charge in [-0.15, -0.1) is 0 Å². The minimum atomic E-state index is -0.698. The zero-order valence-electron chi connectivity index (χ0n) is 13.2. The second-order valence-corrected chi connectivity index (χ2v) is 5.68. The molecule has 0 saturated carbocycles. The normalized spacial score (nSPS) is 17.2. The lowest BCUT2D eigenvalue weighted by Crippen LogP contribution is -2.05. The molecule has 1 atom stereocenters. The van der Waals surface area contributed by atoms with Crippen LogP contribution < -0.4 is 4.74 Å². The number of nitro benzene ring substituents is 1. The summed E-state index contributed by atoms with van der Waals surface area (Å²) >= 11 is 5.16. The fraction of sp³-hybridized carbons (Fsp3) is 0.357. The molecule has 1 fully saturated rings. The van der Waals surface area contributed by atoms with Crippen molar-refractivity contribution in [2.24, 2.45) is 5.10 Å². The first-order chi connectivity index (χ1) is 12.0. The highest BCUT2D eigenvalue weighted by molar-refractivity contribution is 7.71. The van der Waals surface area contributed by atoms with Crippen molar-refractivity contribution < 1.29 is 19.5 Å². The smallest absolute Gasteiger partial charge is 0.315 e. The Balaban J connectivity index is 1.98. The van der Waals surface area contributed by atoms with Crippen molar-refractivity contribution in [2.45, 2.75) is 18.9 Å². The number of rotatable bonds is 5. The van der Waals surface area contributed by atoms with Gasteiger partial charge in [0.15, 0.2) is 11.6 Å². The number of hydrogen-bond acceptors (Lipinski definition) is 8. The molecule has 132 valence electrons. The number of hydrogen-bond donors (Lipinski definition) is 2. The summed E-state index contributed by atoms with van der Waals surface area (Å²) in [6, 6.07) is 2.62. The van der Waals surface area contributed by atoms with Crippen molar-refractivity contribution >= 4 is 24.1 Å². The Bertz CT molecular complexity index is 884. The number of H-pyrrole nitrogens is 1. The molecule has 2 heterocycles. The van der Waals surface area contributed by atoms with E-state index in [-0.39, 0.29) is 16.6 Å². The van der Waals surface area contributed by atoms with Crippen LogP contribution in [0.4, 0.5) is 5.69 Å². The molecule has 1 aromatic carbocycles. The van der Waals surface area contributed by atoms with Gasteiger partial charge in [-0.1, -0.05) is 0 Å². The molecule has 3 rings (SSSR count). The number of phenols is 1. The number of methoxy groups -OCH3 is 1. The standard InChI is InChI=1S/C14H15N5O5S/c1-23-11-6-8(5-9(12(11)20)19(21)22)7-15-18-13(16-17-14(18)25)10-3-2-4-24-10/h5-7,10,20H,2-4H2,1H3,(H,17,25)/b15-7-. The molecule has 11 heteroatoms. The molecule has 1 unspecified atom stereocenters. The van der Waals surface area contributed by atoms with E-state index in [1.165, 1.54) is 30.1 Å². The molecule has 0 aliphatic carbocycles. The van der Waals surface area contributed by atoms with Crippen LogP contribution >= 0.6 is 12.2 Å². The van der Waals surface area contributed by atoms with E-state index in [9.17, 15) is 15.2 Å². The summed E-state index contributed by atoms with van der Waals surface area (Å²) in [6.07, 6.45) is 2.91. The van der Waals surface area contributed by atoms with Gasteiger partial charge >= 0.3 is 5.69 Å². The molecule has 25 heavy (non-hydrogen) atoms. The largest absolute Gasteiger partial charge is 0.500 e. The van der Waals surface area contributed by atoms with Crippen LogP contribution in [0.2, 0.25) is 0 Å². The number of benzene rings is 1. The SMILES string of the molecule is COc1cc(/C=N\n2c(C3CCCO3)n[nH]c2=S)cc([N+](=O)[O-])c1O. The number of nitrogens with zero attached hydrogens (tertiary/aromatic N) is 4. The first-order valence-corrected chi connectivity index (χ1v) is 7.80. The molecule has 1 aliphatic heterocycles. The topological polar surface area (TPSA) is 128 Å². The summed E-state index contributed by atoms with van der Waals surface area (Å²) in [5.41, 5.74) is -0.112. The maximum absolute atomic E-state index is 11.0. The van der Waals surface area contributed by atoms with E-state index in [0.29, 0.717) is 18.0 Å². The molecule has 0 bridgehead atoms. The number of aromatic amines is 1. The second kappa shape index (κ2) is 6.99. The summed E-state index contributed by atoms with van der Waals surface area (Å²) in [5.74, 6) is -0.0191. The quantitative estimate of drug-likeness (QED) is 0.360. The fourth-order valence-electron chi connectivity index (χ4n) is 2.51. The highest BCUT2D eigenvalue weighted by atomic mass is 32.1. The van der Waals surface area contributed by atoms with Gasteiger partial charge in [0.25, 0.3) is 0 Å². The van der Waals surface area contributed by atoms with Gasteiger partial charge in [0.2, 0.25) is 10.5 Å². The maximum atomic E-state index is 11.0. The van der Waals surface area contributed by atoms with E-state index in [1.807, 2.05) is 0 Å². The lowest BCUT2D eigenvalue weighted by atomic mass is 10.2. The number of phenolic OH excluding ortho intramolecular Hbond substituents is 1. The first-order valence-electron chi connectivity index (χ1n) is 7.40. The molecule has 1 aromatic heterocycles. The lowest BCUT2D eigenvalue weighted by Gasteiger charge is -2.08. The van der Waals surface area contributed by atoms with E-state index >= 15 is 0 Å². The van der Waals surface area contributed by atoms with E-state index in [1.54, 1.807) is 0 Å². The Labute approximate surface area is 146 Å². The average Bonchev–Trinajstić information content (AvgIpc) is 3.23. The molecule has 10 nitrogen and oxygen atoms in total. The van der Waals surface area contributed by atoms with Gasteiger partial charge in [0, 0.05) is 18.2 Å². The zero-order chi connectivity index (χ0) is 18.0. The Kier molecular flexibility index (Phi) is 4.76. The first kappa shape index (κ1) is 17.0. The third-order valence-electron chi connectivity index (χ3n) is 3.71. The van der Waals surface area contributed by atoms with Gasteiger partial charge < -0.3 is 14.6 Å². The van der Waals surface area contributed by atoms with E-state index in [4.69, 9.17) is 21.7 Å². The van der Waals surface area contributed by atoms with E-state index in [0.717, 1.165) is 12.8 Å². The van der Waals surface area contributed by atoms with Crippen LogP contribution in [0.5, 0.6) is 11.5 Å². The summed E-state index contributed by atoms with van der Waals surface area (Å²) < 4.78 is 12.2. The number of aromatic nitrogens is 3. The summed E-state index contributed by atoms with van der Waals surface area (Å²) in [7, 11) is 1.31. The molecular weight excluding hydrogens is 350 g/mol. The molecule has 0 radical (unpaired) electrons. The number of nitrogens with one attached hydrogen (secondary N) is 1. The molecule has 0 amide bonds. The Morgan fingerprint density at radius 3 is 3.08 bits per heavy atom. The molecule has 2 N–H and O–H groups in total. The van der Waals surface area contributed by atoms with Crippen LogP contribution in [0.1, 0.15) is 30.3 Å². The van der Waals surface area contributed by atoms with Crippen LogP contribution in [0.15, 0.2) is 17.2 Å². The molecule has 0 spiro atoms. The number of nitro groups is 1. The van der Waals surface area contributed by atoms with Gasteiger partial charge in [-0.05, 0) is 31.1 Å². The third-order valence-corrected chi connectivity index (χ3v) is 3.97. The van der Waals surface area contributed by atoms with Gasteiger partial charge in [0.1, 0.15) is 6.10 Å². The van der Waals surface area contributed by atoms with Crippen molar-refractivity contribution in [3.05, 3.63) is 38.4 Å². The Morgan fingerprint density at radius 1 is 1.64 bits per heavy atom. The van der Waals surface area contributed by atoms with Crippen LogP contribution in [-0.4, -0.2) is 44.8 Å². The predicted octanol–water partition coefficient (Wildman–Crippen LogP) is 2.30. The van der Waals surface area contributed by atoms with Gasteiger partial charge in [-0.25, -0.2) is 0 Å². The third kappa shape index (κ3) is 3.37. The van der Waals surface area contributed by atoms with Crippen molar-refractivity contribution in [1.82, 2.24) is 14.9 Å². The highest BCUT2D eigenvalue weighted by Gasteiger charge is 2.24. The Hall–Kier alpha value is -2.79. The fourth-order valence-corrected chi connectivity index (χ4v) is 2.70. The second-order valence-electron chi connectivity index (χ2n) is 5.29.